The van der Waals surface area contributed by atoms with E-state index in [1.807, 2.05) is 6.08 Å². The van der Waals surface area contributed by atoms with E-state index in [9.17, 15) is 19.5 Å². The fraction of sp³-hybridized carbons (Fsp3) is 0.553. The van der Waals surface area contributed by atoms with E-state index >= 15 is 0 Å². The molecule has 7 heteroatoms. The first-order valence-electron chi connectivity index (χ1n) is 20.7. The van der Waals surface area contributed by atoms with Gasteiger partial charge in [0.2, 0.25) is 5.91 Å². The van der Waals surface area contributed by atoms with Gasteiger partial charge < -0.3 is 20.9 Å². The summed E-state index contributed by atoms with van der Waals surface area (Å²) in [6.45, 7) is 4.68. The Morgan fingerprint density at radius 2 is 1.00 bits per heavy atom. The van der Waals surface area contributed by atoms with Crippen molar-refractivity contribution >= 4 is 17.8 Å². The van der Waals surface area contributed by atoms with Crippen LogP contribution in [0.5, 0.6) is 0 Å². The smallest absolute Gasteiger partial charge is 0.326 e. The Hall–Kier alpha value is -3.97. The normalized spacial score (nSPS) is 13.8. The van der Waals surface area contributed by atoms with Crippen molar-refractivity contribution in [1.82, 2.24) is 5.32 Å². The number of carbonyl (C=O) groups is 3. The third kappa shape index (κ3) is 36.4. The van der Waals surface area contributed by atoms with Crippen molar-refractivity contribution in [3.05, 3.63) is 109 Å². The molecule has 54 heavy (non-hydrogen) atoms. The molecule has 302 valence electrons. The third-order valence-electron chi connectivity index (χ3n) is 8.33. The van der Waals surface area contributed by atoms with Crippen molar-refractivity contribution in [2.24, 2.45) is 5.73 Å². The molecular formula is C47H74N2O5. The van der Waals surface area contributed by atoms with Crippen LogP contribution in [-0.4, -0.2) is 41.6 Å². The first kappa shape index (κ1) is 50.0. The maximum Gasteiger partial charge on any atom is 0.326 e. The maximum atomic E-state index is 12.7. The highest BCUT2D eigenvalue weighted by atomic mass is 16.5. The van der Waals surface area contributed by atoms with Gasteiger partial charge >= 0.3 is 11.9 Å². The zero-order valence-corrected chi connectivity index (χ0v) is 33.8. The van der Waals surface area contributed by atoms with Crippen molar-refractivity contribution in [3.8, 4) is 0 Å². The Kier molecular flexibility index (Phi) is 37.3. The molecule has 0 aromatic rings. The van der Waals surface area contributed by atoms with Gasteiger partial charge in [-0.2, -0.15) is 0 Å². The van der Waals surface area contributed by atoms with Crippen LogP contribution in [0.25, 0.3) is 0 Å². The van der Waals surface area contributed by atoms with Gasteiger partial charge in [0.25, 0.3) is 0 Å². The molecule has 0 radical (unpaired) electrons. The second kappa shape index (κ2) is 40.2. The lowest BCUT2D eigenvalue weighted by Crippen LogP contribution is -2.40. The van der Waals surface area contributed by atoms with Crippen LogP contribution in [0, 0.1) is 0 Å². The number of hydrogen-bond acceptors (Lipinski definition) is 5. The molecular weight excluding hydrogens is 673 g/mol. The van der Waals surface area contributed by atoms with Gasteiger partial charge in [0.1, 0.15) is 12.1 Å². The number of nitrogens with one attached hydrogen (secondary N) is 1. The lowest BCUT2D eigenvalue weighted by atomic mass is 10.1. The second-order valence-electron chi connectivity index (χ2n) is 13.3. The number of rotatable bonds is 35. The minimum atomic E-state index is -1.02. The van der Waals surface area contributed by atoms with E-state index in [1.165, 1.54) is 0 Å². The van der Waals surface area contributed by atoms with E-state index < -0.39 is 12.0 Å². The summed E-state index contributed by atoms with van der Waals surface area (Å²) in [5, 5.41) is 11.9. The summed E-state index contributed by atoms with van der Waals surface area (Å²) in [6, 6.07) is -0.868. The fourth-order valence-electron chi connectivity index (χ4n) is 5.29. The molecule has 0 heterocycles. The van der Waals surface area contributed by atoms with Crippen LogP contribution in [-0.2, 0) is 19.1 Å². The quantitative estimate of drug-likeness (QED) is 0.0337. The second-order valence-corrected chi connectivity index (χ2v) is 13.3. The van der Waals surface area contributed by atoms with Crippen LogP contribution < -0.4 is 11.1 Å². The molecule has 7 nitrogen and oxygen atoms in total. The highest BCUT2D eigenvalue weighted by Crippen LogP contribution is 2.14. The fourth-order valence-corrected chi connectivity index (χ4v) is 5.29. The molecule has 0 aliphatic heterocycles. The van der Waals surface area contributed by atoms with Gasteiger partial charge in [0, 0.05) is 12.8 Å². The summed E-state index contributed by atoms with van der Waals surface area (Å²) >= 11 is 0. The first-order valence-corrected chi connectivity index (χ1v) is 20.7. The summed E-state index contributed by atoms with van der Waals surface area (Å²) in [6.07, 6.45) is 55.9. The topological polar surface area (TPSA) is 119 Å². The number of carboxylic acid groups (broad SMARTS) is 1. The molecule has 0 fully saturated rings. The van der Waals surface area contributed by atoms with Crippen molar-refractivity contribution in [1.29, 1.82) is 0 Å². The Labute approximate surface area is 329 Å². The molecule has 0 saturated heterocycles. The van der Waals surface area contributed by atoms with E-state index in [1.54, 1.807) is 0 Å². The summed E-state index contributed by atoms with van der Waals surface area (Å²) in [5.74, 6) is -1.41. The number of aliphatic carboxylic acids is 1. The highest BCUT2D eigenvalue weighted by molar-refractivity contribution is 5.83. The average molecular weight is 747 g/mol. The van der Waals surface area contributed by atoms with Gasteiger partial charge in [-0.15, -0.1) is 0 Å². The van der Waals surface area contributed by atoms with E-state index in [0.717, 1.165) is 103 Å². The van der Waals surface area contributed by atoms with E-state index in [4.69, 9.17) is 10.5 Å². The Bertz CT molecular complexity index is 1200. The molecule has 4 N–H and O–H groups in total. The number of ether oxygens (including phenoxy) is 1. The van der Waals surface area contributed by atoms with Gasteiger partial charge in [-0.25, -0.2) is 4.79 Å². The van der Waals surface area contributed by atoms with Crippen molar-refractivity contribution < 1.29 is 24.2 Å². The van der Waals surface area contributed by atoms with Crippen molar-refractivity contribution in [3.63, 3.8) is 0 Å². The van der Waals surface area contributed by atoms with Gasteiger partial charge in [0.05, 0.1) is 0 Å². The summed E-state index contributed by atoms with van der Waals surface area (Å²) in [4.78, 5) is 36.2. The van der Waals surface area contributed by atoms with E-state index in [2.05, 4.69) is 122 Å². The number of hydrogen-bond donors (Lipinski definition) is 3. The van der Waals surface area contributed by atoms with Gasteiger partial charge in [-0.1, -0.05) is 143 Å². The first-order chi connectivity index (χ1) is 26.4. The largest absolute Gasteiger partial charge is 0.480 e. The lowest BCUT2D eigenvalue weighted by Gasteiger charge is -2.14. The number of allylic oxidation sites excluding steroid dienone is 17. The van der Waals surface area contributed by atoms with Crippen LogP contribution in [0.3, 0.4) is 0 Å². The monoisotopic (exact) mass is 747 g/mol. The molecule has 1 amide bonds. The predicted octanol–water partition coefficient (Wildman–Crippen LogP) is 11.7. The Morgan fingerprint density at radius 1 is 0.556 bits per heavy atom. The molecule has 0 aromatic heterocycles. The van der Waals surface area contributed by atoms with Crippen LogP contribution >= 0.6 is 0 Å². The zero-order valence-electron chi connectivity index (χ0n) is 33.8. The van der Waals surface area contributed by atoms with Crippen molar-refractivity contribution in [2.75, 3.05) is 6.54 Å². The molecule has 2 atom stereocenters. The van der Waals surface area contributed by atoms with Crippen LogP contribution in [0.15, 0.2) is 109 Å². The maximum absolute atomic E-state index is 12.7. The predicted molar refractivity (Wildman–Crippen MR) is 229 cm³/mol. The van der Waals surface area contributed by atoms with Gasteiger partial charge in [0.15, 0.2) is 0 Å². The van der Waals surface area contributed by atoms with Crippen LogP contribution in [0.2, 0.25) is 0 Å². The van der Waals surface area contributed by atoms with Crippen molar-refractivity contribution in [2.45, 2.75) is 161 Å². The molecule has 0 bridgehead atoms. The van der Waals surface area contributed by atoms with E-state index in [-0.39, 0.29) is 18.0 Å². The van der Waals surface area contributed by atoms with Crippen LogP contribution in [0.1, 0.15) is 149 Å². The number of nitrogens with two attached hydrogens (primary N) is 1. The molecule has 0 aliphatic carbocycles. The van der Waals surface area contributed by atoms with Gasteiger partial charge in [-0.05, 0) is 109 Å². The SMILES string of the molecule is CC/C=C\C/C=C\C/C=C\C/C=C\C/C=C\C/C=C\CCC(=O)OC(/C=C\C/C=C\C/C=C\CC)CCCCCCCCC(=O)NC(CCCN)C(=O)O. The zero-order chi connectivity index (χ0) is 39.6. The number of unbranched alkanes of at least 4 members (excludes halogenated alkanes) is 5. The Balaban J connectivity index is 4.44. The van der Waals surface area contributed by atoms with Gasteiger partial charge in [-0.3, -0.25) is 9.59 Å². The Morgan fingerprint density at radius 3 is 1.48 bits per heavy atom. The molecule has 2 unspecified atom stereocenters. The number of carboxylic acids is 1. The number of carbonyl (C=O) groups excluding carboxylic acids is 2. The summed E-state index contributed by atoms with van der Waals surface area (Å²) < 4.78 is 5.87. The molecule has 0 spiro atoms. The number of esters is 1. The molecule has 0 rings (SSSR count). The van der Waals surface area contributed by atoms with Crippen LogP contribution in [0.4, 0.5) is 0 Å². The minimum Gasteiger partial charge on any atom is -0.480 e. The number of amides is 1. The summed E-state index contributed by atoms with van der Waals surface area (Å²) in [7, 11) is 0. The average Bonchev–Trinajstić information content (AvgIpc) is 3.16. The van der Waals surface area contributed by atoms with E-state index in [0.29, 0.717) is 38.6 Å². The summed E-state index contributed by atoms with van der Waals surface area (Å²) in [5.41, 5.74) is 5.47. The molecule has 0 aliphatic rings. The standard InChI is InChI=1S/C47H74N2O5/c1-3-5-7-9-11-13-14-15-16-17-18-19-20-21-22-23-25-31-35-41-46(51)54-43(37-32-28-24-12-10-8-6-4-2)38-33-29-26-27-30-34-40-45(50)49-44(47(52)53)39-36-42-48/h5-8,11-13,15-16,18-19,21-22,24-25,31-32,37,43-44H,3-4,9-10,14,17,20,23,26-30,33-36,38-42,48H2,1-2H3,(H,49,50)(H,52,53)/b7-5-,8-6-,13-11-,16-15-,19-18-,22-21-,24-12-,31-25-,37-32-. The minimum absolute atomic E-state index is 0.170. The molecule has 0 aromatic carbocycles. The highest BCUT2D eigenvalue weighted by Gasteiger charge is 2.18. The third-order valence-corrected chi connectivity index (χ3v) is 8.33. The lowest BCUT2D eigenvalue weighted by molar-refractivity contribution is -0.147. The molecule has 0 saturated carbocycles.